The summed E-state index contributed by atoms with van der Waals surface area (Å²) in [5.41, 5.74) is -0.939. The minimum absolute atomic E-state index is 0. The molecule has 0 aromatic carbocycles. The third kappa shape index (κ3) is 17.4. The van der Waals surface area contributed by atoms with Crippen LogP contribution < -0.4 is 79.9 Å². The largest absolute Gasteiger partial charge is 1.00 e. The SMILES string of the molecule is CCCCCC/C=C\CCCCCCCC(=O)Nc1ccn([C@@H]2O[C@H](COP(=O)([O-])OP(=O)([O-])O)[C@@H](O)[C@H]2O)c(=O)n1.[Na+].[Na+]. The van der Waals surface area contributed by atoms with Gasteiger partial charge in [0.2, 0.25) is 5.91 Å². The van der Waals surface area contributed by atoms with Crippen LogP contribution in [-0.2, 0) is 27.5 Å². The molecule has 0 aliphatic carbocycles. The topological polar surface area (TPSA) is 233 Å². The fourth-order valence-corrected chi connectivity index (χ4v) is 5.82. The maximum atomic E-state index is 12.5. The van der Waals surface area contributed by atoms with E-state index in [-0.39, 0.29) is 77.3 Å². The van der Waals surface area contributed by atoms with E-state index in [0.29, 0.717) is 6.42 Å². The van der Waals surface area contributed by atoms with Gasteiger partial charge in [-0.05, 0) is 38.2 Å². The first-order chi connectivity index (χ1) is 19.8. The van der Waals surface area contributed by atoms with E-state index in [9.17, 15) is 38.7 Å². The smallest absolute Gasteiger partial charge is 0.756 e. The molecule has 6 atom stereocenters. The van der Waals surface area contributed by atoms with E-state index in [0.717, 1.165) is 49.3 Å². The molecule has 240 valence electrons. The standard InChI is InChI=1S/C25H43N3O12P2.2Na/c1-2-3-4-5-6-7-8-9-10-11-12-13-14-15-21(29)26-20-16-17-28(25(32)27-20)24-23(31)22(30)19(39-24)18-38-42(36,37)40-41(33,34)35;;/h7-8,16-17,19,22-24,30-31H,2-6,9-15,18H2,1H3,(H,36,37)(H2,33,34,35)(H,26,27,29,32);;/q;2*+1/p-2/b8-7-;;/t19-,22-,23-,24-;;/m1../s1. The minimum atomic E-state index is -5.67. The van der Waals surface area contributed by atoms with E-state index in [4.69, 9.17) is 9.63 Å². The molecular formula is C25H41N3Na2O12P2. The van der Waals surface area contributed by atoms with Crippen molar-refractivity contribution in [2.24, 2.45) is 0 Å². The summed E-state index contributed by atoms with van der Waals surface area (Å²) in [5, 5.41) is 23.0. The summed E-state index contributed by atoms with van der Waals surface area (Å²) in [7, 11) is -11.2. The Kier molecular flexibility index (Phi) is 22.9. The molecule has 15 nitrogen and oxygen atoms in total. The van der Waals surface area contributed by atoms with Crippen molar-refractivity contribution in [1.82, 2.24) is 9.55 Å². The summed E-state index contributed by atoms with van der Waals surface area (Å²) in [6, 6.07) is 1.29. The zero-order valence-electron chi connectivity index (χ0n) is 25.6. The third-order valence-corrected chi connectivity index (χ3v) is 8.57. The van der Waals surface area contributed by atoms with Gasteiger partial charge in [-0.3, -0.25) is 18.5 Å². The van der Waals surface area contributed by atoms with Crippen LogP contribution >= 0.6 is 15.6 Å². The number of rotatable bonds is 20. The van der Waals surface area contributed by atoms with Gasteiger partial charge in [0.05, 0.1) is 6.61 Å². The van der Waals surface area contributed by atoms with Gasteiger partial charge in [0.1, 0.15) is 24.1 Å². The molecule has 19 heteroatoms. The number of unbranched alkanes of at least 4 members (excludes halogenated alkanes) is 9. The molecule has 1 aromatic rings. The number of aliphatic hydroxyl groups excluding tert-OH is 2. The predicted molar refractivity (Wildman–Crippen MR) is 148 cm³/mol. The predicted octanol–water partition coefficient (Wildman–Crippen LogP) is -3.97. The summed E-state index contributed by atoms with van der Waals surface area (Å²) >= 11 is 0. The Hall–Kier alpha value is 0.230. The van der Waals surface area contributed by atoms with Crippen LogP contribution in [0.4, 0.5) is 5.82 Å². The van der Waals surface area contributed by atoms with Crippen LogP contribution in [0.15, 0.2) is 29.2 Å². The van der Waals surface area contributed by atoms with E-state index < -0.39 is 52.5 Å². The monoisotopic (exact) mass is 683 g/mol. The van der Waals surface area contributed by atoms with Gasteiger partial charge in [-0.1, -0.05) is 57.6 Å². The number of anilines is 1. The van der Waals surface area contributed by atoms with Crippen LogP contribution in [0.3, 0.4) is 0 Å². The molecule has 1 saturated heterocycles. The molecule has 2 unspecified atom stereocenters. The number of nitrogens with one attached hydrogen (secondary N) is 1. The third-order valence-electron chi connectivity index (χ3n) is 6.47. The zero-order valence-corrected chi connectivity index (χ0v) is 31.4. The molecule has 2 rings (SSSR count). The van der Waals surface area contributed by atoms with Crippen LogP contribution in [0.5, 0.6) is 0 Å². The molecule has 1 fully saturated rings. The van der Waals surface area contributed by atoms with E-state index in [1.54, 1.807) is 0 Å². The van der Waals surface area contributed by atoms with Crippen molar-refractivity contribution < 1.29 is 112 Å². The average molecular weight is 684 g/mol. The Balaban J connectivity index is 0.00000924. The number of carbonyl (C=O) groups excluding carboxylic acids is 1. The van der Waals surface area contributed by atoms with Crippen molar-refractivity contribution in [3.05, 3.63) is 34.9 Å². The molecule has 44 heavy (non-hydrogen) atoms. The van der Waals surface area contributed by atoms with Crippen LogP contribution in [0.2, 0.25) is 0 Å². The van der Waals surface area contributed by atoms with Gasteiger partial charge in [0.25, 0.3) is 15.6 Å². The summed E-state index contributed by atoms with van der Waals surface area (Å²) in [5.74, 6) is -0.337. The number of aliphatic hydroxyl groups is 2. The van der Waals surface area contributed by atoms with Gasteiger partial charge < -0.3 is 39.5 Å². The molecule has 1 aliphatic heterocycles. The Morgan fingerprint density at radius 1 is 1.05 bits per heavy atom. The van der Waals surface area contributed by atoms with Gasteiger partial charge >= 0.3 is 64.8 Å². The Morgan fingerprint density at radius 2 is 1.64 bits per heavy atom. The summed E-state index contributed by atoms with van der Waals surface area (Å²) in [6.45, 7) is 1.20. The number of hydrogen-bond donors (Lipinski definition) is 4. The van der Waals surface area contributed by atoms with E-state index >= 15 is 0 Å². The molecule has 1 aromatic heterocycles. The fourth-order valence-electron chi connectivity index (χ4n) is 4.30. The first-order valence-electron chi connectivity index (χ1n) is 14.1. The fraction of sp³-hybridized carbons (Fsp3) is 0.720. The average Bonchev–Trinajstić information content (AvgIpc) is 3.17. The summed E-state index contributed by atoms with van der Waals surface area (Å²) in [6.07, 6.45) is 11.5. The Bertz CT molecular complexity index is 1170. The van der Waals surface area contributed by atoms with Crippen molar-refractivity contribution in [3.8, 4) is 0 Å². The molecule has 0 saturated carbocycles. The van der Waals surface area contributed by atoms with E-state index in [2.05, 4.69) is 38.2 Å². The first kappa shape index (κ1) is 44.2. The van der Waals surface area contributed by atoms with Crippen molar-refractivity contribution in [3.63, 3.8) is 0 Å². The number of phosphoric ester groups is 1. The molecule has 1 aliphatic rings. The number of nitrogens with zero attached hydrogens (tertiary/aromatic N) is 2. The van der Waals surface area contributed by atoms with E-state index in [1.807, 2.05) is 0 Å². The number of amides is 1. The van der Waals surface area contributed by atoms with Crippen LogP contribution in [-0.4, -0.2) is 55.5 Å². The van der Waals surface area contributed by atoms with Crippen molar-refractivity contribution in [1.29, 1.82) is 0 Å². The summed E-state index contributed by atoms with van der Waals surface area (Å²) in [4.78, 5) is 59.1. The minimum Gasteiger partial charge on any atom is -0.756 e. The van der Waals surface area contributed by atoms with Crippen molar-refractivity contribution in [2.75, 3.05) is 11.9 Å². The number of ether oxygens (including phenoxy) is 1. The summed E-state index contributed by atoms with van der Waals surface area (Å²) < 4.78 is 35.9. The van der Waals surface area contributed by atoms with Gasteiger partial charge in [-0.2, -0.15) is 4.98 Å². The Labute approximate surface area is 301 Å². The number of allylic oxidation sites excluding steroid dienone is 2. The van der Waals surface area contributed by atoms with Gasteiger partial charge in [0.15, 0.2) is 6.23 Å². The van der Waals surface area contributed by atoms with Gasteiger partial charge in [0, 0.05) is 12.6 Å². The molecule has 2 heterocycles. The maximum absolute atomic E-state index is 12.5. The second kappa shape index (κ2) is 22.7. The second-order valence-electron chi connectivity index (χ2n) is 10.0. The number of hydrogen-bond acceptors (Lipinski definition) is 12. The van der Waals surface area contributed by atoms with Gasteiger partial charge in [-0.25, -0.2) is 9.11 Å². The Morgan fingerprint density at radius 3 is 2.23 bits per heavy atom. The normalized spacial score (nSPS) is 22.5. The van der Waals surface area contributed by atoms with Gasteiger partial charge in [-0.15, -0.1) is 0 Å². The number of aromatic nitrogens is 2. The molecular weight excluding hydrogens is 642 g/mol. The van der Waals surface area contributed by atoms with Crippen LogP contribution in [0, 0.1) is 0 Å². The zero-order chi connectivity index (χ0) is 31.2. The molecule has 0 radical (unpaired) electrons. The second-order valence-corrected chi connectivity index (χ2v) is 12.8. The number of carbonyl (C=O) groups is 1. The number of phosphoric acid groups is 2. The molecule has 4 N–H and O–H groups in total. The maximum Gasteiger partial charge on any atom is 1.00 e. The quantitative estimate of drug-likeness (QED) is 0.0445. The molecule has 0 bridgehead atoms. The van der Waals surface area contributed by atoms with Crippen LogP contribution in [0.1, 0.15) is 90.2 Å². The van der Waals surface area contributed by atoms with Crippen molar-refractivity contribution >= 4 is 27.4 Å². The first-order valence-corrected chi connectivity index (χ1v) is 17.0. The van der Waals surface area contributed by atoms with Crippen LogP contribution in [0.25, 0.3) is 0 Å². The van der Waals surface area contributed by atoms with Crippen molar-refractivity contribution in [2.45, 2.75) is 109 Å². The molecule has 0 spiro atoms. The molecule has 1 amide bonds. The van der Waals surface area contributed by atoms with E-state index in [1.165, 1.54) is 31.7 Å².